The Morgan fingerprint density at radius 1 is 0.750 bits per heavy atom. The van der Waals surface area contributed by atoms with Crippen molar-refractivity contribution in [3.05, 3.63) is 0 Å². The minimum Gasteiger partial charge on any atom is -0.248 e. The largest absolute Gasteiger partial charge is 0.391 e. The SMILES string of the molecule is C.C.CCC(C)C.CCC(C)C(F)(F)F.CCC(C)F. The molecule has 0 spiro atoms. The second kappa shape index (κ2) is 18.7. The minimum atomic E-state index is -3.99. The molecule has 0 amide bonds. The summed E-state index contributed by atoms with van der Waals surface area (Å²) in [6.45, 7) is 12.7. The second-order valence-corrected chi connectivity index (χ2v) is 4.84. The van der Waals surface area contributed by atoms with E-state index in [0.29, 0.717) is 6.42 Å². The summed E-state index contributed by atoms with van der Waals surface area (Å²) >= 11 is 0. The van der Waals surface area contributed by atoms with Gasteiger partial charge in [-0.3, -0.25) is 0 Å². The highest BCUT2D eigenvalue weighted by molar-refractivity contribution is 4.58. The number of hydrogen-bond acceptors (Lipinski definition) is 0. The van der Waals surface area contributed by atoms with Crippen LogP contribution in [0.25, 0.3) is 0 Å². The van der Waals surface area contributed by atoms with Crippen LogP contribution in [-0.2, 0) is 0 Å². The summed E-state index contributed by atoms with van der Waals surface area (Å²) in [5.74, 6) is -0.266. The highest BCUT2D eigenvalue weighted by Crippen LogP contribution is 2.27. The minimum absolute atomic E-state index is 0. The maximum absolute atomic E-state index is 11.4. The molecule has 0 rings (SSSR count). The van der Waals surface area contributed by atoms with Crippen LogP contribution in [0.4, 0.5) is 17.6 Å². The summed E-state index contributed by atoms with van der Waals surface area (Å²) in [4.78, 5) is 0. The molecule has 0 aliphatic rings. The van der Waals surface area contributed by atoms with Crippen LogP contribution in [0.3, 0.4) is 0 Å². The molecular weight excluding hydrogens is 268 g/mol. The Morgan fingerprint density at radius 2 is 1.00 bits per heavy atom. The van der Waals surface area contributed by atoms with Crippen molar-refractivity contribution in [1.82, 2.24) is 0 Å². The molecule has 0 saturated heterocycles. The first-order chi connectivity index (χ1) is 8.02. The van der Waals surface area contributed by atoms with E-state index in [1.807, 2.05) is 6.92 Å². The molecule has 20 heavy (non-hydrogen) atoms. The molecule has 0 heterocycles. The fourth-order valence-electron chi connectivity index (χ4n) is 0.231. The van der Waals surface area contributed by atoms with Crippen molar-refractivity contribution in [3.8, 4) is 0 Å². The molecule has 0 N–H and O–H groups in total. The highest BCUT2D eigenvalue weighted by Gasteiger charge is 2.33. The van der Waals surface area contributed by atoms with Crippen LogP contribution >= 0.6 is 0 Å². The quantitative estimate of drug-likeness (QED) is 0.469. The molecule has 0 saturated carbocycles. The van der Waals surface area contributed by atoms with Gasteiger partial charge in [0.1, 0.15) is 0 Å². The molecule has 0 radical (unpaired) electrons. The lowest BCUT2D eigenvalue weighted by molar-refractivity contribution is -0.170. The van der Waals surface area contributed by atoms with E-state index in [-0.39, 0.29) is 21.3 Å². The third-order valence-electron chi connectivity index (χ3n) is 2.55. The van der Waals surface area contributed by atoms with Gasteiger partial charge < -0.3 is 0 Å². The topological polar surface area (TPSA) is 0 Å². The summed E-state index contributed by atoms with van der Waals surface area (Å²) in [5.41, 5.74) is 0. The Hall–Kier alpha value is -0.280. The van der Waals surface area contributed by atoms with Crippen LogP contribution in [0.1, 0.15) is 82.6 Å². The standard InChI is InChI=1S/C5H9F3.C5H12.C4H9F.2CH4/c1-3-4(2)5(6,7)8;1-4-5(2)3;1-3-4(2)5;;/h4H,3H2,1-2H3;5H,4H2,1-3H3;4H,3H2,1-2H3;2*1H4. The number of rotatable bonds is 3. The van der Waals surface area contributed by atoms with Crippen molar-refractivity contribution in [3.63, 3.8) is 0 Å². The smallest absolute Gasteiger partial charge is 0.248 e. The number of alkyl halides is 4. The third-order valence-corrected chi connectivity index (χ3v) is 2.55. The third kappa shape index (κ3) is 36.1. The van der Waals surface area contributed by atoms with Gasteiger partial charge in [-0.2, -0.15) is 13.2 Å². The summed E-state index contributed by atoms with van der Waals surface area (Å²) < 4.78 is 45.8. The van der Waals surface area contributed by atoms with Crippen molar-refractivity contribution in [1.29, 1.82) is 0 Å². The Labute approximate surface area is 125 Å². The molecule has 0 aromatic carbocycles. The molecule has 2 unspecified atom stereocenters. The molecule has 0 fully saturated rings. The lowest BCUT2D eigenvalue weighted by Crippen LogP contribution is -2.18. The lowest BCUT2D eigenvalue weighted by Gasteiger charge is -2.11. The van der Waals surface area contributed by atoms with Gasteiger partial charge in [0.15, 0.2) is 0 Å². The Morgan fingerprint density at radius 3 is 1.00 bits per heavy atom. The molecule has 0 aliphatic carbocycles. The summed E-state index contributed by atoms with van der Waals surface area (Å²) in [5, 5.41) is 0. The summed E-state index contributed by atoms with van der Waals surface area (Å²) in [6, 6.07) is 0. The van der Waals surface area contributed by atoms with E-state index < -0.39 is 18.3 Å². The van der Waals surface area contributed by atoms with Gasteiger partial charge in [-0.25, -0.2) is 4.39 Å². The Kier molecular flexibility index (Phi) is 29.9. The molecule has 0 aromatic heterocycles. The summed E-state index contributed by atoms with van der Waals surface area (Å²) in [6.07, 6.45) is -2.49. The van der Waals surface area contributed by atoms with Crippen LogP contribution < -0.4 is 0 Å². The van der Waals surface area contributed by atoms with E-state index in [1.54, 1.807) is 6.92 Å². The van der Waals surface area contributed by atoms with Crippen LogP contribution in [0.15, 0.2) is 0 Å². The predicted molar refractivity (Wildman–Crippen MR) is 85.0 cm³/mol. The van der Waals surface area contributed by atoms with Gasteiger partial charge >= 0.3 is 6.18 Å². The zero-order valence-corrected chi connectivity index (χ0v) is 12.9. The lowest BCUT2D eigenvalue weighted by atomic mass is 10.1. The highest BCUT2D eigenvalue weighted by atomic mass is 19.4. The first-order valence-corrected chi connectivity index (χ1v) is 6.73. The number of halogens is 4. The van der Waals surface area contributed by atoms with E-state index >= 15 is 0 Å². The van der Waals surface area contributed by atoms with Crippen LogP contribution in [0.2, 0.25) is 0 Å². The summed E-state index contributed by atoms with van der Waals surface area (Å²) in [7, 11) is 0. The van der Waals surface area contributed by atoms with Crippen LogP contribution in [0.5, 0.6) is 0 Å². The first kappa shape index (κ1) is 31.9. The second-order valence-electron chi connectivity index (χ2n) is 4.84. The van der Waals surface area contributed by atoms with Crippen LogP contribution in [-0.4, -0.2) is 12.3 Å². The zero-order valence-electron chi connectivity index (χ0n) is 12.9. The Balaban J connectivity index is -0.0000000558. The van der Waals surface area contributed by atoms with Gasteiger partial charge in [0, 0.05) is 0 Å². The van der Waals surface area contributed by atoms with Gasteiger partial charge in [-0.1, -0.05) is 62.8 Å². The normalized spacial score (nSPS) is 12.6. The molecule has 0 bridgehead atoms. The first-order valence-electron chi connectivity index (χ1n) is 6.73. The molecule has 130 valence electrons. The van der Waals surface area contributed by atoms with Gasteiger partial charge in [-0.05, 0) is 25.7 Å². The van der Waals surface area contributed by atoms with Gasteiger partial charge in [-0.15, -0.1) is 0 Å². The molecule has 4 heteroatoms. The molecule has 0 aromatic rings. The van der Waals surface area contributed by atoms with E-state index in [0.717, 1.165) is 5.92 Å². The molecule has 0 nitrogen and oxygen atoms in total. The zero-order chi connectivity index (χ0) is 15.4. The van der Waals surface area contributed by atoms with E-state index in [1.165, 1.54) is 20.3 Å². The van der Waals surface area contributed by atoms with Crippen molar-refractivity contribution in [2.45, 2.75) is 94.9 Å². The van der Waals surface area contributed by atoms with Crippen LogP contribution in [0, 0.1) is 11.8 Å². The predicted octanol–water partition coefficient (Wildman–Crippen LogP) is 7.67. The average Bonchev–Trinajstić information content (AvgIpc) is 2.28. The Bertz CT molecular complexity index is 143. The van der Waals surface area contributed by atoms with E-state index in [4.69, 9.17) is 0 Å². The van der Waals surface area contributed by atoms with Gasteiger partial charge in [0.2, 0.25) is 0 Å². The maximum Gasteiger partial charge on any atom is 0.391 e. The van der Waals surface area contributed by atoms with Crippen molar-refractivity contribution in [2.75, 3.05) is 0 Å². The van der Waals surface area contributed by atoms with Crippen molar-refractivity contribution in [2.24, 2.45) is 11.8 Å². The average molecular weight is 306 g/mol. The molecule has 0 aliphatic heterocycles. The maximum atomic E-state index is 11.4. The number of hydrogen-bond donors (Lipinski definition) is 0. The van der Waals surface area contributed by atoms with Gasteiger partial charge in [0.25, 0.3) is 0 Å². The fourth-order valence-corrected chi connectivity index (χ4v) is 0.231. The van der Waals surface area contributed by atoms with E-state index in [2.05, 4.69) is 20.8 Å². The van der Waals surface area contributed by atoms with E-state index in [9.17, 15) is 17.6 Å². The van der Waals surface area contributed by atoms with Gasteiger partial charge in [0.05, 0.1) is 12.1 Å². The van der Waals surface area contributed by atoms with Crippen molar-refractivity contribution < 1.29 is 17.6 Å². The molecule has 2 atom stereocenters. The molecular formula is C16H38F4. The van der Waals surface area contributed by atoms with Crippen molar-refractivity contribution >= 4 is 0 Å². The monoisotopic (exact) mass is 306 g/mol. The fraction of sp³-hybridized carbons (Fsp3) is 1.00.